The van der Waals surface area contributed by atoms with Crippen LogP contribution in [0.25, 0.3) is 0 Å². The third-order valence-corrected chi connectivity index (χ3v) is 3.45. The normalized spacial score (nSPS) is 27.7. The molecule has 2 unspecified atom stereocenters. The van der Waals surface area contributed by atoms with E-state index in [1.165, 1.54) is 12.8 Å². The van der Waals surface area contributed by atoms with Crippen molar-refractivity contribution in [2.24, 2.45) is 5.92 Å². The van der Waals surface area contributed by atoms with Crippen LogP contribution < -0.4 is 5.32 Å². The van der Waals surface area contributed by atoms with E-state index in [1.54, 1.807) is 12.3 Å². The number of ether oxygens (including phenoxy) is 1. The molecule has 4 heteroatoms. The average Bonchev–Trinajstić information content (AvgIpc) is 3.11. The first kappa shape index (κ1) is 10.5. The molecular weight excluding hydrogens is 214 g/mol. The predicted octanol–water partition coefficient (Wildman–Crippen LogP) is 1.93. The Balaban J connectivity index is 1.67. The Bertz CT molecular complexity index is 433. The summed E-state index contributed by atoms with van der Waals surface area (Å²) in [7, 11) is 0. The molecule has 1 aromatic heterocycles. The summed E-state index contributed by atoms with van der Waals surface area (Å²) in [4.78, 5) is 4.24. The van der Waals surface area contributed by atoms with Crippen LogP contribution in [-0.2, 0) is 4.74 Å². The van der Waals surface area contributed by atoms with Crippen molar-refractivity contribution in [3.8, 4) is 6.07 Å². The maximum atomic E-state index is 8.71. The van der Waals surface area contributed by atoms with Crippen molar-refractivity contribution in [1.29, 1.82) is 5.26 Å². The van der Waals surface area contributed by atoms with Gasteiger partial charge in [-0.25, -0.2) is 4.98 Å². The molecule has 0 amide bonds. The first-order chi connectivity index (χ1) is 8.36. The maximum Gasteiger partial charge on any atom is 0.126 e. The van der Waals surface area contributed by atoms with E-state index in [4.69, 9.17) is 10.00 Å². The molecule has 4 nitrogen and oxygen atoms in total. The summed E-state index contributed by atoms with van der Waals surface area (Å²) in [6.07, 6.45) is 5.59. The molecule has 1 aliphatic heterocycles. The van der Waals surface area contributed by atoms with E-state index in [0.29, 0.717) is 17.7 Å². The van der Waals surface area contributed by atoms with Crippen LogP contribution in [0.2, 0.25) is 0 Å². The Hall–Kier alpha value is -1.60. The minimum absolute atomic E-state index is 0.354. The van der Waals surface area contributed by atoms with Gasteiger partial charge in [0, 0.05) is 12.8 Å². The van der Waals surface area contributed by atoms with Gasteiger partial charge in [0.1, 0.15) is 11.9 Å². The Morgan fingerprint density at radius 2 is 2.24 bits per heavy atom. The van der Waals surface area contributed by atoms with Crippen LogP contribution >= 0.6 is 0 Å². The Morgan fingerprint density at radius 3 is 2.88 bits per heavy atom. The summed E-state index contributed by atoms with van der Waals surface area (Å²) in [5.74, 6) is 1.58. The van der Waals surface area contributed by atoms with E-state index in [0.717, 1.165) is 24.8 Å². The van der Waals surface area contributed by atoms with E-state index < -0.39 is 0 Å². The van der Waals surface area contributed by atoms with E-state index in [1.807, 2.05) is 6.07 Å². The smallest absolute Gasteiger partial charge is 0.126 e. The first-order valence-electron chi connectivity index (χ1n) is 6.11. The second-order valence-electron chi connectivity index (χ2n) is 4.76. The molecule has 0 radical (unpaired) electrons. The molecule has 3 rings (SSSR count). The minimum Gasteiger partial charge on any atom is -0.376 e. The van der Waals surface area contributed by atoms with Crippen molar-refractivity contribution < 1.29 is 4.74 Å². The van der Waals surface area contributed by atoms with Gasteiger partial charge in [-0.1, -0.05) is 0 Å². The summed E-state index contributed by atoms with van der Waals surface area (Å²) in [5.41, 5.74) is 0.594. The molecule has 2 atom stereocenters. The van der Waals surface area contributed by atoms with Crippen molar-refractivity contribution in [3.63, 3.8) is 0 Å². The van der Waals surface area contributed by atoms with Crippen LogP contribution in [0.1, 0.15) is 24.8 Å². The number of aromatic nitrogens is 1. The van der Waals surface area contributed by atoms with Crippen molar-refractivity contribution in [3.05, 3.63) is 23.9 Å². The molecule has 2 heterocycles. The van der Waals surface area contributed by atoms with Gasteiger partial charge < -0.3 is 10.1 Å². The van der Waals surface area contributed by atoms with Crippen LogP contribution in [-0.4, -0.2) is 23.7 Å². The number of nitrogens with one attached hydrogen (secondary N) is 1. The second-order valence-corrected chi connectivity index (χ2v) is 4.76. The fourth-order valence-corrected chi connectivity index (χ4v) is 2.39. The van der Waals surface area contributed by atoms with Crippen molar-refractivity contribution in [2.75, 3.05) is 11.9 Å². The molecule has 1 saturated carbocycles. The fourth-order valence-electron chi connectivity index (χ4n) is 2.39. The van der Waals surface area contributed by atoms with Gasteiger partial charge in [-0.3, -0.25) is 0 Å². The van der Waals surface area contributed by atoms with Crippen LogP contribution in [0.4, 0.5) is 5.82 Å². The Kier molecular flexibility index (Phi) is 2.69. The topological polar surface area (TPSA) is 57.9 Å². The average molecular weight is 229 g/mol. The lowest BCUT2D eigenvalue weighted by Gasteiger charge is -2.19. The molecule has 2 fully saturated rings. The SMILES string of the molecule is N#Cc1ccc(NC2CCOC2C2CC2)nc1. The van der Waals surface area contributed by atoms with Gasteiger partial charge in [0.25, 0.3) is 0 Å². The zero-order valence-electron chi connectivity index (χ0n) is 9.60. The fraction of sp³-hybridized carbons (Fsp3) is 0.538. The summed E-state index contributed by atoms with van der Waals surface area (Å²) in [6, 6.07) is 6.10. The molecule has 1 aliphatic carbocycles. The summed E-state index contributed by atoms with van der Waals surface area (Å²) < 4.78 is 5.76. The lowest BCUT2D eigenvalue weighted by molar-refractivity contribution is 0.0898. The van der Waals surface area contributed by atoms with Crippen LogP contribution in [0.3, 0.4) is 0 Å². The molecule has 2 aliphatic rings. The van der Waals surface area contributed by atoms with Crippen molar-refractivity contribution >= 4 is 5.82 Å². The zero-order chi connectivity index (χ0) is 11.7. The van der Waals surface area contributed by atoms with E-state index in [2.05, 4.69) is 16.4 Å². The minimum atomic E-state index is 0.354. The second kappa shape index (κ2) is 4.34. The molecule has 0 aromatic carbocycles. The van der Waals surface area contributed by atoms with Gasteiger partial charge in [-0.15, -0.1) is 0 Å². The van der Waals surface area contributed by atoms with Crippen molar-refractivity contribution in [1.82, 2.24) is 4.98 Å². The number of pyridine rings is 1. The van der Waals surface area contributed by atoms with Gasteiger partial charge in [0.05, 0.1) is 17.7 Å². The van der Waals surface area contributed by atoms with Gasteiger partial charge in [-0.2, -0.15) is 5.26 Å². The molecule has 0 spiro atoms. The lowest BCUT2D eigenvalue weighted by Crippen LogP contribution is -2.31. The standard InChI is InChI=1S/C13H15N3O/c14-7-9-1-4-12(15-8-9)16-11-5-6-17-13(11)10-2-3-10/h1,4,8,10-11,13H,2-3,5-6H2,(H,15,16). The highest BCUT2D eigenvalue weighted by atomic mass is 16.5. The largest absolute Gasteiger partial charge is 0.376 e. The molecule has 1 aromatic rings. The maximum absolute atomic E-state index is 8.71. The molecule has 88 valence electrons. The summed E-state index contributed by atoms with van der Waals surface area (Å²) >= 11 is 0. The number of nitrogens with zero attached hydrogens (tertiary/aromatic N) is 2. The molecule has 1 N–H and O–H groups in total. The first-order valence-corrected chi connectivity index (χ1v) is 6.11. The van der Waals surface area contributed by atoms with Crippen LogP contribution in [0, 0.1) is 17.2 Å². The van der Waals surface area contributed by atoms with E-state index >= 15 is 0 Å². The third kappa shape index (κ3) is 2.25. The molecular formula is C13H15N3O. The van der Waals surface area contributed by atoms with Crippen LogP contribution in [0.5, 0.6) is 0 Å². The quantitative estimate of drug-likeness (QED) is 0.860. The molecule has 1 saturated heterocycles. The number of hydrogen-bond donors (Lipinski definition) is 1. The monoisotopic (exact) mass is 229 g/mol. The van der Waals surface area contributed by atoms with E-state index in [9.17, 15) is 0 Å². The lowest BCUT2D eigenvalue weighted by atomic mass is 10.1. The highest BCUT2D eigenvalue weighted by Gasteiger charge is 2.40. The zero-order valence-corrected chi connectivity index (χ0v) is 9.60. The number of rotatable bonds is 3. The third-order valence-electron chi connectivity index (χ3n) is 3.45. The van der Waals surface area contributed by atoms with E-state index in [-0.39, 0.29) is 0 Å². The summed E-state index contributed by atoms with van der Waals surface area (Å²) in [6.45, 7) is 0.842. The summed E-state index contributed by atoms with van der Waals surface area (Å²) in [5, 5.41) is 12.1. The predicted molar refractivity (Wildman–Crippen MR) is 63.4 cm³/mol. The van der Waals surface area contributed by atoms with Crippen molar-refractivity contribution in [2.45, 2.75) is 31.4 Å². The van der Waals surface area contributed by atoms with Gasteiger partial charge in [0.2, 0.25) is 0 Å². The van der Waals surface area contributed by atoms with Gasteiger partial charge in [0.15, 0.2) is 0 Å². The number of hydrogen-bond acceptors (Lipinski definition) is 4. The Labute approximate surface area is 101 Å². The number of anilines is 1. The van der Waals surface area contributed by atoms with Gasteiger partial charge in [-0.05, 0) is 37.3 Å². The van der Waals surface area contributed by atoms with Crippen LogP contribution in [0.15, 0.2) is 18.3 Å². The highest BCUT2D eigenvalue weighted by molar-refractivity contribution is 5.40. The molecule has 0 bridgehead atoms. The molecule has 17 heavy (non-hydrogen) atoms. The highest BCUT2D eigenvalue weighted by Crippen LogP contribution is 2.39. The van der Waals surface area contributed by atoms with Gasteiger partial charge >= 0.3 is 0 Å². The number of nitriles is 1. The Morgan fingerprint density at radius 1 is 1.35 bits per heavy atom.